The third-order valence-electron chi connectivity index (χ3n) is 4.78. The van der Waals surface area contributed by atoms with E-state index >= 15 is 0 Å². The number of carboxylic acid groups (broad SMARTS) is 1. The summed E-state index contributed by atoms with van der Waals surface area (Å²) in [6.45, 7) is 8.76. The van der Waals surface area contributed by atoms with Gasteiger partial charge in [-0.1, -0.05) is 34.1 Å². The lowest BCUT2D eigenvalue weighted by molar-refractivity contribution is -0.142. The number of rotatable bonds is 13. The summed E-state index contributed by atoms with van der Waals surface area (Å²) in [6.07, 6.45) is 2.85. The largest absolute Gasteiger partial charge is 0.480 e. The van der Waals surface area contributed by atoms with Crippen molar-refractivity contribution in [2.45, 2.75) is 71.6 Å². The van der Waals surface area contributed by atoms with E-state index in [2.05, 4.69) is 16.0 Å². The smallest absolute Gasteiger partial charge is 0.326 e. The second-order valence-electron chi connectivity index (χ2n) is 7.55. The van der Waals surface area contributed by atoms with Gasteiger partial charge < -0.3 is 26.8 Å². The van der Waals surface area contributed by atoms with Gasteiger partial charge in [0.05, 0.1) is 6.04 Å². The van der Waals surface area contributed by atoms with Crippen LogP contribution in [0.3, 0.4) is 0 Å². The Labute approximate surface area is 177 Å². The average Bonchev–Trinajstić information content (AvgIpc) is 2.66. The van der Waals surface area contributed by atoms with Gasteiger partial charge >= 0.3 is 5.97 Å². The van der Waals surface area contributed by atoms with Crippen molar-refractivity contribution in [3.05, 3.63) is 0 Å². The van der Waals surface area contributed by atoms with E-state index in [4.69, 9.17) is 5.73 Å². The van der Waals surface area contributed by atoms with Crippen LogP contribution in [0.25, 0.3) is 0 Å². The molecule has 0 aliphatic rings. The molecule has 0 saturated carbocycles. The number of nitrogens with one attached hydrogen (secondary N) is 3. The van der Waals surface area contributed by atoms with Crippen molar-refractivity contribution in [2.75, 3.05) is 12.0 Å². The summed E-state index contributed by atoms with van der Waals surface area (Å²) in [5.41, 5.74) is 5.88. The lowest BCUT2D eigenvalue weighted by Gasteiger charge is -2.26. The Kier molecular flexibility index (Phi) is 12.6. The topological polar surface area (TPSA) is 151 Å². The van der Waals surface area contributed by atoms with E-state index in [1.165, 1.54) is 18.7 Å². The van der Waals surface area contributed by atoms with Gasteiger partial charge in [-0.2, -0.15) is 11.8 Å². The lowest BCUT2D eigenvalue weighted by atomic mass is 9.99. The molecule has 0 aromatic carbocycles. The van der Waals surface area contributed by atoms with Gasteiger partial charge in [0, 0.05) is 0 Å². The van der Waals surface area contributed by atoms with Crippen molar-refractivity contribution in [2.24, 2.45) is 17.6 Å². The number of amides is 3. The zero-order valence-corrected chi connectivity index (χ0v) is 19.0. The molecule has 29 heavy (non-hydrogen) atoms. The summed E-state index contributed by atoms with van der Waals surface area (Å²) in [6, 6.07) is -3.58. The Morgan fingerprint density at radius 1 is 0.966 bits per heavy atom. The predicted octanol–water partition coefficient (Wildman–Crippen LogP) is 0.328. The molecule has 168 valence electrons. The minimum absolute atomic E-state index is 0.0336. The summed E-state index contributed by atoms with van der Waals surface area (Å²) >= 11 is 1.48. The van der Waals surface area contributed by atoms with E-state index in [1.54, 1.807) is 13.8 Å². The van der Waals surface area contributed by atoms with Crippen molar-refractivity contribution in [3.8, 4) is 0 Å². The number of nitrogens with two attached hydrogens (primary N) is 1. The first-order valence-corrected chi connectivity index (χ1v) is 11.2. The van der Waals surface area contributed by atoms with Crippen molar-refractivity contribution in [1.82, 2.24) is 16.0 Å². The van der Waals surface area contributed by atoms with Crippen LogP contribution in [0.4, 0.5) is 0 Å². The lowest BCUT2D eigenvalue weighted by Crippen LogP contribution is -2.58. The zero-order chi connectivity index (χ0) is 22.7. The van der Waals surface area contributed by atoms with Crippen LogP contribution in [0.2, 0.25) is 0 Å². The Morgan fingerprint density at radius 2 is 1.55 bits per heavy atom. The van der Waals surface area contributed by atoms with Crippen molar-refractivity contribution >= 4 is 35.5 Å². The van der Waals surface area contributed by atoms with Gasteiger partial charge in [0.15, 0.2) is 0 Å². The van der Waals surface area contributed by atoms with Crippen LogP contribution in [0.1, 0.15) is 47.5 Å². The van der Waals surface area contributed by atoms with E-state index in [9.17, 15) is 24.3 Å². The van der Waals surface area contributed by atoms with E-state index in [0.29, 0.717) is 5.75 Å². The summed E-state index contributed by atoms with van der Waals surface area (Å²) < 4.78 is 0. The molecule has 0 radical (unpaired) electrons. The minimum Gasteiger partial charge on any atom is -0.480 e. The fourth-order valence-corrected chi connectivity index (χ4v) is 2.93. The molecule has 0 aromatic rings. The fourth-order valence-electron chi connectivity index (χ4n) is 2.46. The van der Waals surface area contributed by atoms with Crippen molar-refractivity contribution in [1.29, 1.82) is 0 Å². The van der Waals surface area contributed by atoms with Gasteiger partial charge in [0.2, 0.25) is 17.7 Å². The molecule has 0 aromatic heterocycles. The molecule has 0 spiro atoms. The number of hydrogen-bond donors (Lipinski definition) is 5. The van der Waals surface area contributed by atoms with Gasteiger partial charge in [-0.25, -0.2) is 4.79 Å². The highest BCUT2D eigenvalue weighted by atomic mass is 32.2. The second kappa shape index (κ2) is 13.4. The van der Waals surface area contributed by atoms with E-state index < -0.39 is 47.9 Å². The highest BCUT2D eigenvalue weighted by molar-refractivity contribution is 7.98. The minimum atomic E-state index is -1.12. The Bertz CT molecular complexity index is 573. The van der Waals surface area contributed by atoms with Gasteiger partial charge in [-0.15, -0.1) is 0 Å². The van der Waals surface area contributed by atoms with Crippen molar-refractivity contribution < 1.29 is 24.3 Å². The maximum absolute atomic E-state index is 12.6. The first-order valence-electron chi connectivity index (χ1n) is 9.84. The predicted molar refractivity (Wildman–Crippen MR) is 114 cm³/mol. The summed E-state index contributed by atoms with van der Waals surface area (Å²) in [7, 11) is 0. The molecular weight excluding hydrogens is 396 g/mol. The summed E-state index contributed by atoms with van der Waals surface area (Å²) in [4.78, 5) is 48.6. The SMILES string of the molecule is CCC(C)C(N)C(=O)NC(C)C(=O)NC(C(=O)NC(CCSC)C(=O)O)C(C)C. The van der Waals surface area contributed by atoms with Crippen LogP contribution in [-0.2, 0) is 19.2 Å². The standard InChI is InChI=1S/C19H36N4O5S/c1-7-11(4)14(20)17(25)21-12(5)16(24)23-15(10(2)3)18(26)22-13(19(27)28)8-9-29-6/h10-15H,7-9,20H2,1-6H3,(H,21,25)(H,22,26)(H,23,24)(H,27,28). The first kappa shape index (κ1) is 27.2. The molecule has 9 nitrogen and oxygen atoms in total. The van der Waals surface area contributed by atoms with Crippen LogP contribution >= 0.6 is 11.8 Å². The molecule has 0 aliphatic carbocycles. The molecule has 5 atom stereocenters. The number of aliphatic carboxylic acids is 1. The van der Waals surface area contributed by atoms with E-state index in [0.717, 1.165) is 6.42 Å². The molecule has 0 bridgehead atoms. The van der Waals surface area contributed by atoms with Gasteiger partial charge in [-0.3, -0.25) is 14.4 Å². The highest BCUT2D eigenvalue weighted by Gasteiger charge is 2.30. The molecular formula is C19H36N4O5S. The van der Waals surface area contributed by atoms with Gasteiger partial charge in [-0.05, 0) is 37.2 Å². The zero-order valence-electron chi connectivity index (χ0n) is 18.2. The molecule has 0 aliphatic heterocycles. The first-order chi connectivity index (χ1) is 13.5. The molecule has 3 amide bonds. The van der Waals surface area contributed by atoms with E-state index in [-0.39, 0.29) is 18.3 Å². The third kappa shape index (κ3) is 9.49. The Balaban J connectivity index is 5.00. The summed E-state index contributed by atoms with van der Waals surface area (Å²) in [5, 5.41) is 16.9. The van der Waals surface area contributed by atoms with Gasteiger partial charge in [0.25, 0.3) is 0 Å². The second-order valence-corrected chi connectivity index (χ2v) is 8.54. The van der Waals surface area contributed by atoms with Crippen LogP contribution < -0.4 is 21.7 Å². The quantitative estimate of drug-likeness (QED) is 0.281. The maximum atomic E-state index is 12.6. The van der Waals surface area contributed by atoms with Gasteiger partial charge in [0.1, 0.15) is 18.1 Å². The van der Waals surface area contributed by atoms with Crippen LogP contribution in [0, 0.1) is 11.8 Å². The molecule has 0 fully saturated rings. The summed E-state index contributed by atoms with van der Waals surface area (Å²) in [5.74, 6) is -2.41. The van der Waals surface area contributed by atoms with E-state index in [1.807, 2.05) is 20.1 Å². The molecule has 5 unspecified atom stereocenters. The van der Waals surface area contributed by atoms with Crippen molar-refractivity contribution in [3.63, 3.8) is 0 Å². The molecule has 10 heteroatoms. The molecule has 0 saturated heterocycles. The normalized spacial score (nSPS) is 16.3. The fraction of sp³-hybridized carbons (Fsp3) is 0.789. The van der Waals surface area contributed by atoms with Crippen LogP contribution in [0.15, 0.2) is 0 Å². The molecule has 0 heterocycles. The number of thioether (sulfide) groups is 1. The van der Waals surface area contributed by atoms with Crippen LogP contribution in [0.5, 0.6) is 0 Å². The Morgan fingerprint density at radius 3 is 2.00 bits per heavy atom. The van der Waals surface area contributed by atoms with Crippen LogP contribution in [-0.4, -0.2) is 65.0 Å². The molecule has 0 rings (SSSR count). The number of carboxylic acids is 1. The highest BCUT2D eigenvalue weighted by Crippen LogP contribution is 2.07. The third-order valence-corrected chi connectivity index (χ3v) is 5.43. The number of carbonyl (C=O) groups excluding carboxylic acids is 3. The molecule has 6 N–H and O–H groups in total. The maximum Gasteiger partial charge on any atom is 0.326 e. The Hall–Kier alpha value is -1.81. The number of carbonyl (C=O) groups is 4. The average molecular weight is 433 g/mol. The number of hydrogen-bond acceptors (Lipinski definition) is 6. The monoisotopic (exact) mass is 432 g/mol.